The Morgan fingerprint density at radius 2 is 2.36 bits per heavy atom. The van der Waals surface area contributed by atoms with Crippen LogP contribution in [0.4, 0.5) is 0 Å². The number of hydrogen-bond acceptors (Lipinski definition) is 2. The van der Waals surface area contributed by atoms with E-state index in [0.29, 0.717) is 11.5 Å². The maximum Gasteiger partial charge on any atom is 0.0545 e. The maximum atomic E-state index is 5.18. The zero-order valence-corrected chi connectivity index (χ0v) is 10.1. The van der Waals surface area contributed by atoms with Crippen molar-refractivity contribution in [3.63, 3.8) is 0 Å². The second-order valence-corrected chi connectivity index (χ2v) is 5.75. The lowest BCUT2D eigenvalue weighted by Crippen LogP contribution is -2.38. The second-order valence-electron chi connectivity index (χ2n) is 4.64. The average Bonchev–Trinajstić information content (AvgIpc) is 2.45. The minimum atomic E-state index is 0.497. The molecule has 1 N–H and O–H groups in total. The van der Waals surface area contributed by atoms with Gasteiger partial charge in [-0.1, -0.05) is 26.2 Å². The molecule has 0 radical (unpaired) electrons. The normalized spacial score (nSPS) is 24.8. The van der Waals surface area contributed by atoms with E-state index in [1.54, 1.807) is 0 Å². The Balaban J connectivity index is 2.10. The van der Waals surface area contributed by atoms with E-state index < -0.39 is 0 Å². The first kappa shape index (κ1) is 11.9. The summed E-state index contributed by atoms with van der Waals surface area (Å²) in [5.41, 5.74) is 0.497. The largest absolute Gasteiger partial charge is 0.313 e. The van der Waals surface area contributed by atoms with Crippen molar-refractivity contribution in [3.8, 4) is 12.3 Å². The molecule has 0 bridgehead atoms. The first-order valence-corrected chi connectivity index (χ1v) is 6.57. The van der Waals surface area contributed by atoms with Crippen LogP contribution in [0.5, 0.6) is 0 Å². The molecule has 1 saturated carbocycles. The van der Waals surface area contributed by atoms with E-state index in [-0.39, 0.29) is 0 Å². The molecule has 14 heavy (non-hydrogen) atoms. The Labute approximate surface area is 92.4 Å². The highest BCUT2D eigenvalue weighted by Gasteiger charge is 2.33. The molecule has 1 aliphatic carbocycles. The molecule has 0 aromatic carbocycles. The van der Waals surface area contributed by atoms with E-state index in [9.17, 15) is 0 Å². The van der Waals surface area contributed by atoms with Crippen LogP contribution in [0.1, 0.15) is 33.1 Å². The van der Waals surface area contributed by atoms with Gasteiger partial charge in [0.2, 0.25) is 0 Å². The highest BCUT2D eigenvalue weighted by atomic mass is 32.2. The van der Waals surface area contributed by atoms with Gasteiger partial charge in [0.25, 0.3) is 0 Å². The van der Waals surface area contributed by atoms with Crippen molar-refractivity contribution in [2.75, 3.05) is 18.1 Å². The van der Waals surface area contributed by atoms with E-state index in [0.717, 1.165) is 18.1 Å². The van der Waals surface area contributed by atoms with Crippen LogP contribution >= 0.6 is 11.8 Å². The standard InChI is InChI=1S/C12H21NS/c1-4-9-14-10-8-13-11-6-5-7-12(11,2)3/h1,11,13H,5-10H2,2-3H3. The summed E-state index contributed by atoms with van der Waals surface area (Å²) in [6.07, 6.45) is 9.27. The summed E-state index contributed by atoms with van der Waals surface area (Å²) in [5, 5.41) is 3.64. The SMILES string of the molecule is C#CCSCCNC1CCCC1(C)C. The molecule has 1 nitrogen and oxygen atoms in total. The molecule has 1 aliphatic rings. The molecule has 1 rings (SSSR count). The highest BCUT2D eigenvalue weighted by molar-refractivity contribution is 7.99. The lowest BCUT2D eigenvalue weighted by molar-refractivity contribution is 0.288. The Morgan fingerprint density at radius 1 is 1.57 bits per heavy atom. The fourth-order valence-electron chi connectivity index (χ4n) is 2.14. The van der Waals surface area contributed by atoms with E-state index in [1.807, 2.05) is 11.8 Å². The Hall–Kier alpha value is -0.130. The van der Waals surface area contributed by atoms with Gasteiger partial charge >= 0.3 is 0 Å². The van der Waals surface area contributed by atoms with Crippen molar-refractivity contribution in [1.82, 2.24) is 5.32 Å². The Kier molecular flexibility index (Phi) is 4.84. The van der Waals surface area contributed by atoms with Crippen LogP contribution in [-0.2, 0) is 0 Å². The molecule has 0 aromatic heterocycles. The topological polar surface area (TPSA) is 12.0 Å². The smallest absolute Gasteiger partial charge is 0.0545 e. The van der Waals surface area contributed by atoms with Crippen molar-refractivity contribution in [1.29, 1.82) is 0 Å². The Bertz CT molecular complexity index is 205. The van der Waals surface area contributed by atoms with Gasteiger partial charge in [0.1, 0.15) is 0 Å². The molecular formula is C12H21NS. The summed E-state index contributed by atoms with van der Waals surface area (Å²) in [7, 11) is 0. The molecule has 0 aromatic rings. The van der Waals surface area contributed by atoms with Crippen molar-refractivity contribution < 1.29 is 0 Å². The summed E-state index contributed by atoms with van der Waals surface area (Å²) in [4.78, 5) is 0. The van der Waals surface area contributed by atoms with Crippen LogP contribution in [0.15, 0.2) is 0 Å². The monoisotopic (exact) mass is 211 g/mol. The number of hydrogen-bond donors (Lipinski definition) is 1. The van der Waals surface area contributed by atoms with Crippen molar-refractivity contribution in [2.45, 2.75) is 39.2 Å². The lowest BCUT2D eigenvalue weighted by Gasteiger charge is -2.27. The van der Waals surface area contributed by atoms with Crippen LogP contribution in [0.3, 0.4) is 0 Å². The van der Waals surface area contributed by atoms with E-state index in [4.69, 9.17) is 6.42 Å². The van der Waals surface area contributed by atoms with Gasteiger partial charge in [-0.2, -0.15) is 0 Å². The molecule has 1 atom stereocenters. The van der Waals surface area contributed by atoms with Gasteiger partial charge in [-0.05, 0) is 18.3 Å². The summed E-state index contributed by atoms with van der Waals surface area (Å²) < 4.78 is 0. The van der Waals surface area contributed by atoms with Gasteiger partial charge in [0.15, 0.2) is 0 Å². The third kappa shape index (κ3) is 3.55. The molecular weight excluding hydrogens is 190 g/mol. The minimum Gasteiger partial charge on any atom is -0.313 e. The molecule has 1 unspecified atom stereocenters. The third-order valence-corrected chi connectivity index (χ3v) is 3.94. The number of terminal acetylenes is 1. The van der Waals surface area contributed by atoms with Crippen LogP contribution in [0.25, 0.3) is 0 Å². The maximum absolute atomic E-state index is 5.18. The second kappa shape index (κ2) is 5.68. The van der Waals surface area contributed by atoms with Gasteiger partial charge in [-0.25, -0.2) is 0 Å². The predicted molar refractivity (Wildman–Crippen MR) is 65.6 cm³/mol. The molecule has 0 amide bonds. The lowest BCUT2D eigenvalue weighted by atomic mass is 9.87. The number of thioether (sulfide) groups is 1. The zero-order valence-electron chi connectivity index (χ0n) is 9.31. The van der Waals surface area contributed by atoms with Crippen LogP contribution < -0.4 is 5.32 Å². The Morgan fingerprint density at radius 3 is 2.93 bits per heavy atom. The van der Waals surface area contributed by atoms with Gasteiger partial charge in [0.05, 0.1) is 5.75 Å². The molecule has 80 valence electrons. The van der Waals surface area contributed by atoms with Crippen molar-refractivity contribution in [3.05, 3.63) is 0 Å². The van der Waals surface area contributed by atoms with Crippen molar-refractivity contribution in [2.24, 2.45) is 5.41 Å². The number of nitrogens with one attached hydrogen (secondary N) is 1. The molecule has 0 aliphatic heterocycles. The molecule has 0 saturated heterocycles. The molecule has 2 heteroatoms. The predicted octanol–water partition coefficient (Wildman–Crippen LogP) is 2.52. The minimum absolute atomic E-state index is 0.497. The fourth-order valence-corrected chi connectivity index (χ4v) is 2.67. The summed E-state index contributed by atoms with van der Waals surface area (Å²) >= 11 is 1.84. The van der Waals surface area contributed by atoms with Crippen LogP contribution in [-0.4, -0.2) is 24.1 Å². The summed E-state index contributed by atoms with van der Waals surface area (Å²) in [6, 6.07) is 0.717. The van der Waals surface area contributed by atoms with E-state index >= 15 is 0 Å². The summed E-state index contributed by atoms with van der Waals surface area (Å²) in [5.74, 6) is 4.63. The van der Waals surface area contributed by atoms with Crippen LogP contribution in [0.2, 0.25) is 0 Å². The van der Waals surface area contributed by atoms with Gasteiger partial charge in [-0.3, -0.25) is 0 Å². The van der Waals surface area contributed by atoms with Gasteiger partial charge < -0.3 is 5.32 Å². The molecule has 0 spiro atoms. The molecule has 1 fully saturated rings. The first-order valence-electron chi connectivity index (χ1n) is 5.41. The number of rotatable bonds is 5. The average molecular weight is 211 g/mol. The van der Waals surface area contributed by atoms with Gasteiger partial charge in [-0.15, -0.1) is 18.2 Å². The molecule has 0 heterocycles. The van der Waals surface area contributed by atoms with Crippen LogP contribution in [0, 0.1) is 17.8 Å². The van der Waals surface area contributed by atoms with E-state index in [2.05, 4.69) is 25.1 Å². The third-order valence-electron chi connectivity index (χ3n) is 3.08. The fraction of sp³-hybridized carbons (Fsp3) is 0.833. The van der Waals surface area contributed by atoms with Gasteiger partial charge in [0, 0.05) is 18.3 Å². The van der Waals surface area contributed by atoms with E-state index in [1.165, 1.54) is 19.3 Å². The quantitative estimate of drug-likeness (QED) is 0.554. The zero-order chi connectivity index (χ0) is 10.4. The highest BCUT2D eigenvalue weighted by Crippen LogP contribution is 2.36. The van der Waals surface area contributed by atoms with Crippen molar-refractivity contribution >= 4 is 11.8 Å². The summed E-state index contributed by atoms with van der Waals surface area (Å²) in [6.45, 7) is 5.83. The first-order chi connectivity index (χ1) is 6.67.